The number of ether oxygens (including phenoxy) is 4. The molecule has 0 atom stereocenters. The summed E-state index contributed by atoms with van der Waals surface area (Å²) < 4.78 is 26.5. The Labute approximate surface area is 315 Å². The van der Waals surface area contributed by atoms with E-state index in [2.05, 4.69) is 13.8 Å². The summed E-state index contributed by atoms with van der Waals surface area (Å²) in [6, 6.07) is 7.74. The summed E-state index contributed by atoms with van der Waals surface area (Å²) in [6.07, 6.45) is 12.2. The Bertz CT molecular complexity index is 1510. The maximum absolute atomic E-state index is 13.1. The van der Waals surface area contributed by atoms with Crippen molar-refractivity contribution in [2.24, 2.45) is 47.3 Å². The van der Waals surface area contributed by atoms with Gasteiger partial charge in [-0.05, 0) is 12.8 Å². The summed E-state index contributed by atoms with van der Waals surface area (Å²) in [6.45, 7) is 12.1. The summed E-state index contributed by atoms with van der Waals surface area (Å²) >= 11 is -3.92. The van der Waals surface area contributed by atoms with Crippen LogP contribution in [0.3, 0.4) is 0 Å². The SMILES string of the molecule is Cc1cc(OCC(=O)OC2(C)C3CC4CC(C3)CC2C4)cc(C)c1[Te](Cl)(Cl)c1c(C)cc(OCC(=O)OC2(C)C3CC4CC(C3)CC2C4)cc1C. The number of benzene rings is 2. The molecule has 278 valence electrons. The van der Waals surface area contributed by atoms with Gasteiger partial charge in [0.1, 0.15) is 0 Å². The normalized spacial score (nSPS) is 36.2. The molecule has 8 aliphatic rings. The fourth-order valence-electron chi connectivity index (χ4n) is 12.3. The molecule has 0 spiro atoms. The van der Waals surface area contributed by atoms with Crippen LogP contribution in [0.15, 0.2) is 24.3 Å². The molecule has 2 aromatic rings. The van der Waals surface area contributed by atoms with Crippen molar-refractivity contribution in [2.75, 3.05) is 13.2 Å². The van der Waals surface area contributed by atoms with Crippen LogP contribution in [0.5, 0.6) is 11.5 Å². The summed E-state index contributed by atoms with van der Waals surface area (Å²) in [4.78, 5) is 26.2. The van der Waals surface area contributed by atoms with Crippen molar-refractivity contribution in [2.45, 2.75) is 117 Å². The molecular formula is C42H54Cl2O6Te. The van der Waals surface area contributed by atoms with Crippen molar-refractivity contribution < 1.29 is 28.5 Å². The quantitative estimate of drug-likeness (QED) is 0.177. The zero-order valence-electron chi connectivity index (χ0n) is 31.0. The Balaban J connectivity index is 0.904. The molecular weight excluding hydrogens is 799 g/mol. The molecule has 8 aliphatic carbocycles. The molecule has 6 nitrogen and oxygen atoms in total. The molecule has 2 aromatic carbocycles. The van der Waals surface area contributed by atoms with Crippen LogP contribution in [0.2, 0.25) is 0 Å². The molecule has 51 heavy (non-hydrogen) atoms. The number of rotatable bonds is 10. The van der Waals surface area contributed by atoms with Crippen molar-refractivity contribution in [3.05, 3.63) is 46.5 Å². The van der Waals surface area contributed by atoms with Gasteiger partial charge in [0.15, 0.2) is 0 Å². The predicted molar refractivity (Wildman–Crippen MR) is 203 cm³/mol. The van der Waals surface area contributed by atoms with E-state index in [0.29, 0.717) is 35.2 Å². The summed E-state index contributed by atoms with van der Waals surface area (Å²) in [5.74, 6) is 5.77. The standard InChI is InChI=1S/C42H54Cl2O6Te/c1-23-7-35(47-21-37(45)49-41(5)31-13-27-11-28(15-31)16-32(41)14-27)8-24(2)39(23)51(43,44)40-25(3)9-36(10-26(40)4)48-22-38(46)50-42(6)33-17-29-12-30(19-33)20-34(42)18-29/h7-10,27-34H,11-22H2,1-6H3. The second kappa shape index (κ2) is 13.3. The molecule has 0 heterocycles. The Morgan fingerprint density at radius 3 is 1.12 bits per heavy atom. The van der Waals surface area contributed by atoms with E-state index in [1.807, 2.05) is 52.0 Å². The number of aryl methyl sites for hydroxylation is 4. The van der Waals surface area contributed by atoms with E-state index in [9.17, 15) is 9.59 Å². The van der Waals surface area contributed by atoms with Gasteiger partial charge in [-0.3, -0.25) is 0 Å². The van der Waals surface area contributed by atoms with Gasteiger partial charge in [-0.1, -0.05) is 0 Å². The minimum atomic E-state index is -3.92. The first-order chi connectivity index (χ1) is 24.1. The van der Waals surface area contributed by atoms with Crippen molar-refractivity contribution >= 4 is 53.0 Å². The van der Waals surface area contributed by atoms with Gasteiger partial charge in [-0.25, -0.2) is 0 Å². The molecule has 0 aromatic heterocycles. The zero-order chi connectivity index (χ0) is 36.0. The van der Waals surface area contributed by atoms with Gasteiger partial charge in [0.25, 0.3) is 0 Å². The van der Waals surface area contributed by atoms with Crippen molar-refractivity contribution in [1.29, 1.82) is 0 Å². The molecule has 9 heteroatoms. The van der Waals surface area contributed by atoms with Crippen LogP contribution in [0.25, 0.3) is 0 Å². The van der Waals surface area contributed by atoms with Crippen molar-refractivity contribution in [3.63, 3.8) is 0 Å². The second-order valence-electron chi connectivity index (χ2n) is 17.7. The third-order valence-corrected chi connectivity index (χ3v) is 25.0. The number of carbonyl (C=O) groups is 2. The minimum absolute atomic E-state index is 0.122. The van der Waals surface area contributed by atoms with E-state index in [4.69, 9.17) is 36.9 Å². The monoisotopic (exact) mass is 854 g/mol. The van der Waals surface area contributed by atoms with E-state index in [-0.39, 0.29) is 36.4 Å². The summed E-state index contributed by atoms with van der Waals surface area (Å²) in [5.41, 5.74) is 3.02. The Morgan fingerprint density at radius 1 is 0.569 bits per heavy atom. The van der Waals surface area contributed by atoms with Crippen LogP contribution in [-0.4, -0.2) is 52.3 Å². The Morgan fingerprint density at radius 2 is 0.843 bits per heavy atom. The van der Waals surface area contributed by atoms with Gasteiger partial charge in [-0.15, -0.1) is 0 Å². The molecule has 0 N–H and O–H groups in total. The van der Waals surface area contributed by atoms with Gasteiger partial charge < -0.3 is 0 Å². The predicted octanol–water partition coefficient (Wildman–Crippen LogP) is 8.23. The number of halogens is 2. The van der Waals surface area contributed by atoms with Gasteiger partial charge >= 0.3 is 304 Å². The summed E-state index contributed by atoms with van der Waals surface area (Å²) in [7, 11) is 14.9. The molecule has 0 unspecified atom stereocenters. The van der Waals surface area contributed by atoms with Crippen LogP contribution in [0.1, 0.15) is 100 Å². The third-order valence-electron chi connectivity index (χ3n) is 14.3. The third kappa shape index (κ3) is 6.51. The number of esters is 2. The Kier molecular flexibility index (Phi) is 9.46. The average Bonchev–Trinajstić information content (AvgIpc) is 3.03. The van der Waals surface area contributed by atoms with Crippen LogP contribution >= 0.6 is 17.9 Å². The molecule has 0 radical (unpaired) electrons. The van der Waals surface area contributed by atoms with Crippen LogP contribution < -0.4 is 16.7 Å². The fourth-order valence-corrected chi connectivity index (χ4v) is 24.7. The number of hydrogen-bond acceptors (Lipinski definition) is 6. The van der Waals surface area contributed by atoms with Crippen molar-refractivity contribution in [1.82, 2.24) is 0 Å². The maximum atomic E-state index is 13.1. The van der Waals surface area contributed by atoms with E-state index in [1.165, 1.54) is 64.2 Å². The van der Waals surface area contributed by atoms with E-state index < -0.39 is 15.9 Å². The van der Waals surface area contributed by atoms with E-state index in [1.54, 1.807) is 0 Å². The molecule has 8 bridgehead atoms. The molecule has 0 saturated heterocycles. The molecule has 0 amide bonds. The fraction of sp³-hybridized carbons (Fsp3) is 0.667. The van der Waals surface area contributed by atoms with Gasteiger partial charge in [0, 0.05) is 0 Å². The van der Waals surface area contributed by atoms with Gasteiger partial charge in [0.2, 0.25) is 0 Å². The molecule has 8 saturated carbocycles. The Hall–Kier alpha value is -1.65. The first kappa shape index (κ1) is 36.3. The number of carbonyl (C=O) groups excluding carboxylic acids is 2. The van der Waals surface area contributed by atoms with E-state index in [0.717, 1.165) is 53.1 Å². The molecule has 10 rings (SSSR count). The van der Waals surface area contributed by atoms with Crippen molar-refractivity contribution in [3.8, 4) is 11.5 Å². The second-order valence-corrected chi connectivity index (χ2v) is 30.0. The molecule has 0 aliphatic heterocycles. The van der Waals surface area contributed by atoms with Crippen LogP contribution in [0.4, 0.5) is 0 Å². The first-order valence-corrected chi connectivity index (χ1v) is 27.5. The molecule has 8 fully saturated rings. The van der Waals surface area contributed by atoms with E-state index >= 15 is 0 Å². The van der Waals surface area contributed by atoms with Gasteiger partial charge in [-0.2, -0.15) is 0 Å². The first-order valence-electron chi connectivity index (χ1n) is 19.3. The topological polar surface area (TPSA) is 71.1 Å². The number of hydrogen-bond donors (Lipinski definition) is 0. The average molecular weight is 853 g/mol. The van der Waals surface area contributed by atoms with Crippen LogP contribution in [0, 0.1) is 75.0 Å². The van der Waals surface area contributed by atoms with Gasteiger partial charge in [0.05, 0.1) is 0 Å². The van der Waals surface area contributed by atoms with Crippen LogP contribution in [-0.2, 0) is 19.1 Å². The summed E-state index contributed by atoms with van der Waals surface area (Å²) in [5, 5.41) is 0. The zero-order valence-corrected chi connectivity index (χ0v) is 34.9.